The number of carbonyl (C=O) groups excluding carboxylic acids is 1. The van der Waals surface area contributed by atoms with Crippen LogP contribution in [-0.2, 0) is 4.79 Å². The molecular weight excluding hydrogens is 452 g/mol. The summed E-state index contributed by atoms with van der Waals surface area (Å²) in [6.07, 6.45) is 0. The minimum atomic E-state index is -0.545. The summed E-state index contributed by atoms with van der Waals surface area (Å²) in [5.74, 6) is -1.06. The Balaban J connectivity index is 1.89. The summed E-state index contributed by atoms with van der Waals surface area (Å²) in [4.78, 5) is 17.1. The molecule has 7 heteroatoms. The predicted octanol–water partition coefficient (Wildman–Crippen LogP) is 4.08. The first-order chi connectivity index (χ1) is 11.9. The second-order valence-corrected chi connectivity index (χ2v) is 7.34. The lowest BCUT2D eigenvalue weighted by atomic mass is 9.87. The van der Waals surface area contributed by atoms with Gasteiger partial charge in [0.2, 0.25) is 5.91 Å². The van der Waals surface area contributed by atoms with Gasteiger partial charge in [-0.25, -0.2) is 9.38 Å². The zero-order valence-electron chi connectivity index (χ0n) is 13.3. The summed E-state index contributed by atoms with van der Waals surface area (Å²) < 4.78 is 14.3. The van der Waals surface area contributed by atoms with E-state index < -0.39 is 12.0 Å². The fourth-order valence-electron chi connectivity index (χ4n) is 2.76. The van der Waals surface area contributed by atoms with Crippen molar-refractivity contribution in [1.82, 2.24) is 5.32 Å². The Bertz CT molecular complexity index is 836. The zero-order valence-corrected chi connectivity index (χ0v) is 16.3. The number of nitrogens with one attached hydrogen (secondary N) is 2. The highest BCUT2D eigenvalue weighted by Gasteiger charge is 2.35. The summed E-state index contributed by atoms with van der Waals surface area (Å²) in [7, 11) is 0. The lowest BCUT2D eigenvalue weighted by Gasteiger charge is -2.31. The number of benzene rings is 2. The van der Waals surface area contributed by atoms with E-state index in [4.69, 9.17) is 12.2 Å². The van der Waals surface area contributed by atoms with Crippen LogP contribution in [0.3, 0.4) is 0 Å². The number of carbonyl (C=O) groups is 1. The molecule has 1 heterocycles. The van der Waals surface area contributed by atoms with Crippen molar-refractivity contribution < 1.29 is 9.18 Å². The molecule has 25 heavy (non-hydrogen) atoms. The number of halogens is 2. The number of thiocarbonyl (C=S) groups is 1. The Morgan fingerprint density at radius 2 is 1.84 bits per heavy atom. The molecule has 2 N–H and O–H groups in total. The molecule has 0 aliphatic carbocycles. The molecule has 1 amide bonds. The predicted molar refractivity (Wildman–Crippen MR) is 109 cm³/mol. The van der Waals surface area contributed by atoms with Crippen LogP contribution in [0.4, 0.5) is 10.1 Å². The topological polar surface area (TPSA) is 53.5 Å². The van der Waals surface area contributed by atoms with Gasteiger partial charge in [0, 0.05) is 15.0 Å². The molecule has 0 aromatic heterocycles. The van der Waals surface area contributed by atoms with Crippen molar-refractivity contribution in [2.45, 2.75) is 13.0 Å². The van der Waals surface area contributed by atoms with Gasteiger partial charge in [0.15, 0.2) is 5.11 Å². The first kappa shape index (κ1) is 17.9. The highest BCUT2D eigenvalue weighted by Crippen LogP contribution is 2.28. The number of aliphatic imine (C=N–C) groups is 1. The quantitative estimate of drug-likeness (QED) is 0.529. The third-order valence-corrected chi connectivity index (χ3v) is 4.89. The third-order valence-electron chi connectivity index (χ3n) is 3.96. The van der Waals surface area contributed by atoms with Crippen molar-refractivity contribution in [3.63, 3.8) is 0 Å². The van der Waals surface area contributed by atoms with E-state index in [9.17, 15) is 9.18 Å². The van der Waals surface area contributed by atoms with Crippen LogP contribution in [0.25, 0.3) is 0 Å². The molecule has 1 aliphatic rings. The first-order valence-electron chi connectivity index (χ1n) is 7.61. The number of hydrogen-bond acceptors (Lipinski definition) is 2. The number of hydrogen-bond donors (Lipinski definition) is 2. The number of amides is 1. The lowest BCUT2D eigenvalue weighted by molar-refractivity contribution is -0.118. The van der Waals surface area contributed by atoms with Gasteiger partial charge in [0.25, 0.3) is 0 Å². The molecule has 0 saturated heterocycles. The monoisotopic (exact) mass is 467 g/mol. The molecule has 128 valence electrons. The minimum absolute atomic E-state index is 0.188. The van der Waals surface area contributed by atoms with E-state index in [0.29, 0.717) is 16.5 Å². The van der Waals surface area contributed by atoms with Crippen LogP contribution >= 0.6 is 34.8 Å². The fourth-order valence-corrected chi connectivity index (χ4v) is 3.39. The highest BCUT2D eigenvalue weighted by molar-refractivity contribution is 14.1. The van der Waals surface area contributed by atoms with Gasteiger partial charge in [0.1, 0.15) is 11.7 Å². The largest absolute Gasteiger partial charge is 0.353 e. The Hall–Kier alpha value is -1.87. The average Bonchev–Trinajstić information content (AvgIpc) is 2.57. The second-order valence-electron chi connectivity index (χ2n) is 5.71. The van der Waals surface area contributed by atoms with Crippen molar-refractivity contribution in [3.05, 3.63) is 63.5 Å². The summed E-state index contributed by atoms with van der Waals surface area (Å²) >= 11 is 7.37. The van der Waals surface area contributed by atoms with E-state index in [1.54, 1.807) is 19.1 Å². The molecule has 0 radical (unpaired) electrons. The van der Waals surface area contributed by atoms with Crippen LogP contribution in [-0.4, -0.2) is 16.7 Å². The minimum Gasteiger partial charge on any atom is -0.353 e. The van der Waals surface area contributed by atoms with Crippen molar-refractivity contribution in [1.29, 1.82) is 0 Å². The SMILES string of the molecule is CC1=NC(=S)NC(c2ccc(F)cc2)C1C(=O)Nc1ccc(I)cc1. The van der Waals surface area contributed by atoms with Gasteiger partial charge in [-0.05, 0) is 83.7 Å². The molecule has 3 rings (SSSR count). The number of nitrogens with zero attached hydrogens (tertiary/aromatic N) is 1. The maximum atomic E-state index is 13.2. The maximum Gasteiger partial charge on any atom is 0.235 e. The molecule has 0 spiro atoms. The molecule has 0 saturated carbocycles. The van der Waals surface area contributed by atoms with E-state index in [0.717, 1.165) is 9.13 Å². The molecule has 2 atom stereocenters. The molecule has 0 bridgehead atoms. The fraction of sp³-hybridized carbons (Fsp3) is 0.167. The lowest BCUT2D eigenvalue weighted by Crippen LogP contribution is -2.45. The highest BCUT2D eigenvalue weighted by atomic mass is 127. The van der Waals surface area contributed by atoms with E-state index in [-0.39, 0.29) is 11.7 Å². The molecular formula is C18H15FIN3OS. The molecule has 2 aromatic carbocycles. The molecule has 4 nitrogen and oxygen atoms in total. The van der Waals surface area contributed by atoms with Gasteiger partial charge in [-0.2, -0.15) is 0 Å². The van der Waals surface area contributed by atoms with Gasteiger partial charge in [0.05, 0.1) is 6.04 Å². The van der Waals surface area contributed by atoms with Gasteiger partial charge in [-0.1, -0.05) is 12.1 Å². The second kappa shape index (κ2) is 7.57. The van der Waals surface area contributed by atoms with E-state index in [2.05, 4.69) is 38.2 Å². The first-order valence-corrected chi connectivity index (χ1v) is 9.10. The number of anilines is 1. The maximum absolute atomic E-state index is 13.2. The summed E-state index contributed by atoms with van der Waals surface area (Å²) in [6, 6.07) is 13.2. The summed E-state index contributed by atoms with van der Waals surface area (Å²) in [6.45, 7) is 1.78. The van der Waals surface area contributed by atoms with Crippen molar-refractivity contribution in [2.75, 3.05) is 5.32 Å². The van der Waals surface area contributed by atoms with E-state index in [1.807, 2.05) is 24.3 Å². The number of rotatable bonds is 3. The summed E-state index contributed by atoms with van der Waals surface area (Å²) in [5, 5.41) is 6.31. The molecule has 0 fully saturated rings. The standard InChI is InChI=1S/C18H15FIN3OS/c1-10-15(17(24)22-14-8-6-13(20)7-9-14)16(23-18(25)21-10)11-2-4-12(19)5-3-11/h2-9,15-16H,1H3,(H,22,24)(H,23,25). The molecule has 1 aliphatic heterocycles. The zero-order chi connectivity index (χ0) is 18.0. The van der Waals surface area contributed by atoms with Crippen LogP contribution in [0, 0.1) is 15.3 Å². The average molecular weight is 467 g/mol. The molecule has 2 unspecified atom stereocenters. The van der Waals surface area contributed by atoms with E-state index >= 15 is 0 Å². The van der Waals surface area contributed by atoms with Crippen LogP contribution in [0.15, 0.2) is 53.5 Å². The van der Waals surface area contributed by atoms with Crippen LogP contribution < -0.4 is 10.6 Å². The Morgan fingerprint density at radius 1 is 1.20 bits per heavy atom. The van der Waals surface area contributed by atoms with Gasteiger partial charge in [-0.15, -0.1) is 0 Å². The Kier molecular flexibility index (Phi) is 5.43. The van der Waals surface area contributed by atoms with Crippen molar-refractivity contribution in [3.8, 4) is 0 Å². The Labute approximate surface area is 164 Å². The summed E-state index contributed by atoms with van der Waals surface area (Å²) in [5.41, 5.74) is 2.12. The van der Waals surface area contributed by atoms with Crippen LogP contribution in [0.1, 0.15) is 18.5 Å². The van der Waals surface area contributed by atoms with Gasteiger partial charge in [-0.3, -0.25) is 4.79 Å². The van der Waals surface area contributed by atoms with Crippen LogP contribution in [0.2, 0.25) is 0 Å². The van der Waals surface area contributed by atoms with Crippen LogP contribution in [0.5, 0.6) is 0 Å². The normalized spacial score (nSPS) is 19.8. The Morgan fingerprint density at radius 3 is 2.48 bits per heavy atom. The molecule has 2 aromatic rings. The van der Waals surface area contributed by atoms with Crippen molar-refractivity contribution >= 4 is 57.2 Å². The van der Waals surface area contributed by atoms with Crippen molar-refractivity contribution in [2.24, 2.45) is 10.9 Å². The van der Waals surface area contributed by atoms with E-state index in [1.165, 1.54) is 12.1 Å². The third kappa shape index (κ3) is 4.21. The van der Waals surface area contributed by atoms with Gasteiger partial charge >= 0.3 is 0 Å². The smallest absolute Gasteiger partial charge is 0.235 e. The van der Waals surface area contributed by atoms with Gasteiger partial charge < -0.3 is 10.6 Å².